The van der Waals surface area contributed by atoms with Crippen molar-refractivity contribution in [2.75, 3.05) is 20.3 Å². The summed E-state index contributed by atoms with van der Waals surface area (Å²) in [6.45, 7) is 4.51. The third-order valence-electron chi connectivity index (χ3n) is 5.26. The number of carbonyl (C=O) groups is 2. The molecule has 0 bridgehead atoms. The maximum absolute atomic E-state index is 13.2. The fraction of sp³-hybridized carbons (Fsp3) is 0.476. The molecule has 10 nitrogen and oxygen atoms in total. The molecular formula is C21H27F3N4O6S. The number of carboxylic acid groups (broad SMARTS) is 1. The first-order chi connectivity index (χ1) is 16.4. The summed E-state index contributed by atoms with van der Waals surface area (Å²) >= 11 is 0. The van der Waals surface area contributed by atoms with Crippen molar-refractivity contribution >= 4 is 21.9 Å². The minimum Gasteiger partial charge on any atom is -0.475 e. The van der Waals surface area contributed by atoms with Crippen molar-refractivity contribution in [3.05, 3.63) is 42.0 Å². The van der Waals surface area contributed by atoms with E-state index in [9.17, 15) is 26.4 Å². The van der Waals surface area contributed by atoms with Crippen LogP contribution in [0.3, 0.4) is 0 Å². The Labute approximate surface area is 200 Å². The van der Waals surface area contributed by atoms with Gasteiger partial charge in [-0.25, -0.2) is 18.2 Å². The van der Waals surface area contributed by atoms with E-state index in [1.165, 1.54) is 17.7 Å². The lowest BCUT2D eigenvalue weighted by Gasteiger charge is -2.20. The smallest absolute Gasteiger partial charge is 0.475 e. The number of hydrogen-bond donors (Lipinski definition) is 2. The number of sulfonamides is 1. The van der Waals surface area contributed by atoms with Crippen molar-refractivity contribution in [3.63, 3.8) is 0 Å². The number of nitrogens with one attached hydrogen (secondary N) is 1. The highest BCUT2D eigenvalue weighted by Gasteiger charge is 2.38. The van der Waals surface area contributed by atoms with Gasteiger partial charge in [0.25, 0.3) is 5.91 Å². The first-order valence-electron chi connectivity index (χ1n) is 10.6. The predicted molar refractivity (Wildman–Crippen MR) is 119 cm³/mol. The standard InChI is InChI=1S/C19H26N4O4S.C2HF3O2/c1-4-14(5-2)21-19(24)18-16-12-22(10-11-27-3)28(25,26)17-9-7-6-8-15(17)23(16)13-20-18;3-2(4,5)1(6)7/h6-9,13-14H,4-5,10-12H2,1-3H3,(H,21,24);(H,6,7). The average Bonchev–Trinajstić information content (AvgIpc) is 3.19. The number of imidazole rings is 1. The van der Waals surface area contributed by atoms with Crippen molar-refractivity contribution in [1.82, 2.24) is 19.2 Å². The molecule has 0 atom stereocenters. The molecule has 194 valence electrons. The highest BCUT2D eigenvalue weighted by atomic mass is 32.2. The lowest BCUT2D eigenvalue weighted by Crippen LogP contribution is -2.36. The normalized spacial score (nSPS) is 14.8. The van der Waals surface area contributed by atoms with E-state index in [-0.39, 0.29) is 42.2 Å². The quantitative estimate of drug-likeness (QED) is 0.574. The molecule has 0 radical (unpaired) electrons. The minimum absolute atomic E-state index is 0.0477. The predicted octanol–water partition coefficient (Wildman–Crippen LogP) is 2.57. The molecule has 1 aromatic carbocycles. The van der Waals surface area contributed by atoms with Gasteiger partial charge in [0.2, 0.25) is 10.0 Å². The van der Waals surface area contributed by atoms with Gasteiger partial charge >= 0.3 is 12.1 Å². The maximum Gasteiger partial charge on any atom is 0.490 e. The number of carbonyl (C=O) groups excluding carboxylic acids is 1. The van der Waals surface area contributed by atoms with Gasteiger partial charge in [-0.15, -0.1) is 0 Å². The summed E-state index contributed by atoms with van der Waals surface area (Å²) in [5, 5.41) is 10.1. The number of halogens is 3. The molecule has 1 aliphatic heterocycles. The number of benzene rings is 1. The van der Waals surface area contributed by atoms with E-state index in [0.717, 1.165) is 12.8 Å². The number of amides is 1. The molecule has 0 aliphatic carbocycles. The number of alkyl halides is 3. The number of ether oxygens (including phenoxy) is 1. The molecule has 3 rings (SSSR count). The monoisotopic (exact) mass is 520 g/mol. The summed E-state index contributed by atoms with van der Waals surface area (Å²) in [6, 6.07) is 6.81. The van der Waals surface area contributed by atoms with Gasteiger partial charge in [0.15, 0.2) is 5.69 Å². The lowest BCUT2D eigenvalue weighted by molar-refractivity contribution is -0.192. The second kappa shape index (κ2) is 11.6. The van der Waals surface area contributed by atoms with Crippen molar-refractivity contribution in [1.29, 1.82) is 0 Å². The van der Waals surface area contributed by atoms with Crippen LogP contribution in [0, 0.1) is 0 Å². The zero-order chi connectivity index (χ0) is 26.4. The van der Waals surface area contributed by atoms with Crippen LogP contribution in [0.25, 0.3) is 5.69 Å². The number of aromatic nitrogens is 2. The highest BCUT2D eigenvalue weighted by molar-refractivity contribution is 7.89. The molecule has 2 heterocycles. The zero-order valence-corrected chi connectivity index (χ0v) is 20.2. The number of aliphatic carboxylic acids is 1. The Bertz CT molecular complexity index is 1150. The number of nitrogens with zero attached hydrogens (tertiary/aromatic N) is 3. The van der Waals surface area contributed by atoms with Crippen LogP contribution >= 0.6 is 0 Å². The van der Waals surface area contributed by atoms with E-state index in [1.54, 1.807) is 28.8 Å². The van der Waals surface area contributed by atoms with E-state index in [0.29, 0.717) is 11.4 Å². The Morgan fingerprint density at radius 3 is 2.37 bits per heavy atom. The number of rotatable bonds is 7. The summed E-state index contributed by atoms with van der Waals surface area (Å²) in [4.78, 5) is 26.2. The fourth-order valence-electron chi connectivity index (χ4n) is 3.33. The van der Waals surface area contributed by atoms with E-state index >= 15 is 0 Å². The average molecular weight is 521 g/mol. The van der Waals surface area contributed by atoms with Crippen molar-refractivity contribution in [3.8, 4) is 5.69 Å². The van der Waals surface area contributed by atoms with Crippen LogP contribution in [0.4, 0.5) is 13.2 Å². The second-order valence-corrected chi connectivity index (χ2v) is 9.41. The lowest BCUT2D eigenvalue weighted by atomic mass is 10.1. The summed E-state index contributed by atoms with van der Waals surface area (Å²) in [7, 11) is -2.21. The zero-order valence-electron chi connectivity index (χ0n) is 19.4. The molecule has 14 heteroatoms. The summed E-state index contributed by atoms with van der Waals surface area (Å²) in [5.74, 6) is -3.04. The Hall–Kier alpha value is -2.97. The van der Waals surface area contributed by atoms with Crippen LogP contribution in [-0.4, -0.2) is 71.7 Å². The third-order valence-corrected chi connectivity index (χ3v) is 7.15. The van der Waals surface area contributed by atoms with Crippen molar-refractivity contribution in [2.24, 2.45) is 0 Å². The van der Waals surface area contributed by atoms with Crippen LogP contribution in [0.1, 0.15) is 42.9 Å². The largest absolute Gasteiger partial charge is 0.490 e. The van der Waals surface area contributed by atoms with Gasteiger partial charge in [-0.2, -0.15) is 17.5 Å². The SMILES string of the molecule is CCC(CC)NC(=O)c1ncn2c1CN(CCOC)S(=O)(=O)c1ccccc1-2.O=C(O)C(F)(F)F. The van der Waals surface area contributed by atoms with Gasteiger partial charge in [-0.3, -0.25) is 9.36 Å². The number of para-hydroxylation sites is 1. The molecule has 1 aromatic heterocycles. The Morgan fingerprint density at radius 1 is 1.23 bits per heavy atom. The molecule has 2 aromatic rings. The Balaban J connectivity index is 0.000000540. The first kappa shape index (κ1) is 28.3. The maximum atomic E-state index is 13.2. The van der Waals surface area contributed by atoms with Crippen molar-refractivity contribution in [2.45, 2.75) is 50.3 Å². The molecule has 0 saturated heterocycles. The van der Waals surface area contributed by atoms with E-state index in [4.69, 9.17) is 14.6 Å². The molecule has 2 N–H and O–H groups in total. The number of carboxylic acids is 1. The molecule has 1 amide bonds. The topological polar surface area (TPSA) is 131 Å². The van der Waals surface area contributed by atoms with E-state index < -0.39 is 22.2 Å². The number of hydrogen-bond acceptors (Lipinski definition) is 6. The van der Waals surface area contributed by atoms with Gasteiger partial charge in [0, 0.05) is 19.7 Å². The van der Waals surface area contributed by atoms with Gasteiger partial charge < -0.3 is 15.2 Å². The van der Waals surface area contributed by atoms with Gasteiger partial charge in [0.05, 0.1) is 24.5 Å². The summed E-state index contributed by atoms with van der Waals surface area (Å²) in [6.07, 6.45) is -1.93. The number of fused-ring (bicyclic) bond motifs is 3. The number of methoxy groups -OCH3 is 1. The van der Waals surface area contributed by atoms with E-state index in [2.05, 4.69) is 10.3 Å². The molecule has 0 unspecified atom stereocenters. The molecular weight excluding hydrogens is 493 g/mol. The molecule has 0 saturated carbocycles. The van der Waals surface area contributed by atoms with Gasteiger partial charge in [0.1, 0.15) is 11.2 Å². The molecule has 0 fully saturated rings. The van der Waals surface area contributed by atoms with Gasteiger partial charge in [-0.1, -0.05) is 26.0 Å². The summed E-state index contributed by atoms with van der Waals surface area (Å²) < 4.78 is 66.2. The van der Waals surface area contributed by atoms with Crippen LogP contribution < -0.4 is 5.32 Å². The first-order valence-corrected chi connectivity index (χ1v) is 12.1. The Kier molecular flexibility index (Phi) is 9.40. The van der Waals surface area contributed by atoms with E-state index in [1.807, 2.05) is 13.8 Å². The van der Waals surface area contributed by atoms with Gasteiger partial charge in [-0.05, 0) is 25.0 Å². The summed E-state index contributed by atoms with van der Waals surface area (Å²) in [5.41, 5.74) is 1.29. The highest BCUT2D eigenvalue weighted by Crippen LogP contribution is 2.31. The van der Waals surface area contributed by atoms with Crippen LogP contribution in [0.15, 0.2) is 35.5 Å². The van der Waals surface area contributed by atoms with Crippen LogP contribution in [0.2, 0.25) is 0 Å². The van der Waals surface area contributed by atoms with Crippen molar-refractivity contribution < 1.29 is 41.0 Å². The third kappa shape index (κ3) is 6.58. The fourth-order valence-corrected chi connectivity index (χ4v) is 4.89. The second-order valence-electron chi connectivity index (χ2n) is 7.50. The van der Waals surface area contributed by atoms with Crippen LogP contribution in [-0.2, 0) is 26.1 Å². The Morgan fingerprint density at radius 2 is 1.83 bits per heavy atom. The van der Waals surface area contributed by atoms with Crippen LogP contribution in [0.5, 0.6) is 0 Å². The molecule has 1 aliphatic rings. The molecule has 35 heavy (non-hydrogen) atoms. The molecule has 0 spiro atoms. The minimum atomic E-state index is -5.08.